The van der Waals surface area contributed by atoms with E-state index in [1.165, 1.54) is 12.1 Å². The highest BCUT2D eigenvalue weighted by Gasteiger charge is 2.17. The van der Waals surface area contributed by atoms with Gasteiger partial charge in [0.25, 0.3) is 0 Å². The quantitative estimate of drug-likeness (QED) is 0.778. The number of sulfone groups is 1. The van der Waals surface area contributed by atoms with Gasteiger partial charge in [0.05, 0.1) is 4.90 Å². The summed E-state index contributed by atoms with van der Waals surface area (Å²) in [5.74, 6) is -0.171. The molecule has 0 amide bonds. The molecule has 15 heavy (non-hydrogen) atoms. The minimum absolute atomic E-state index is 0.0962. The van der Waals surface area contributed by atoms with E-state index >= 15 is 0 Å². The summed E-state index contributed by atoms with van der Waals surface area (Å²) >= 11 is 0. The monoisotopic (exact) mass is 224 g/mol. The molecule has 2 aromatic rings. The number of rotatable bonds is 3. The Kier molecular flexibility index (Phi) is 2.51. The molecule has 0 saturated heterocycles. The summed E-state index contributed by atoms with van der Waals surface area (Å²) in [6.07, 6.45) is 1.11. The average Bonchev–Trinajstić information content (AvgIpc) is 2.71. The van der Waals surface area contributed by atoms with Gasteiger partial charge in [0, 0.05) is 0 Å². The standard InChI is InChI=1S/C9H8N2O3S/c12-15(13,6-9-11-10-7-14-9)8-4-2-1-3-5-8/h1-5,7H,6H2. The van der Waals surface area contributed by atoms with Gasteiger partial charge in [0.1, 0.15) is 5.75 Å². The molecule has 0 unspecified atom stereocenters. The average molecular weight is 224 g/mol. The maximum absolute atomic E-state index is 11.8. The molecule has 0 saturated carbocycles. The highest BCUT2D eigenvalue weighted by molar-refractivity contribution is 7.90. The van der Waals surface area contributed by atoms with Crippen LogP contribution in [0.1, 0.15) is 5.89 Å². The Labute approximate surface area is 86.7 Å². The van der Waals surface area contributed by atoms with E-state index in [0.717, 1.165) is 6.39 Å². The highest BCUT2D eigenvalue weighted by Crippen LogP contribution is 2.14. The molecule has 0 spiro atoms. The SMILES string of the molecule is O=S(=O)(Cc1nnco1)c1ccccc1. The first-order valence-electron chi connectivity index (χ1n) is 4.21. The summed E-state index contributed by atoms with van der Waals surface area (Å²) in [7, 11) is -3.38. The van der Waals surface area contributed by atoms with Crippen LogP contribution in [-0.2, 0) is 15.6 Å². The Bertz CT molecular complexity index is 520. The first kappa shape index (κ1) is 9.85. The van der Waals surface area contributed by atoms with Gasteiger partial charge in [-0.1, -0.05) is 18.2 Å². The molecular weight excluding hydrogens is 216 g/mol. The Hall–Kier alpha value is -1.69. The third-order valence-corrected chi connectivity index (χ3v) is 3.44. The minimum atomic E-state index is -3.38. The first-order chi connectivity index (χ1) is 7.18. The lowest BCUT2D eigenvalue weighted by atomic mass is 10.4. The molecule has 0 bridgehead atoms. The van der Waals surface area contributed by atoms with Crippen molar-refractivity contribution in [1.82, 2.24) is 10.2 Å². The largest absolute Gasteiger partial charge is 0.427 e. The van der Waals surface area contributed by atoms with E-state index < -0.39 is 9.84 Å². The minimum Gasteiger partial charge on any atom is -0.427 e. The number of hydrogen-bond donors (Lipinski definition) is 0. The van der Waals surface area contributed by atoms with E-state index in [4.69, 9.17) is 4.42 Å². The van der Waals surface area contributed by atoms with Crippen molar-refractivity contribution in [3.8, 4) is 0 Å². The number of aromatic nitrogens is 2. The molecule has 2 rings (SSSR count). The van der Waals surface area contributed by atoms with E-state index in [2.05, 4.69) is 10.2 Å². The summed E-state index contributed by atoms with van der Waals surface area (Å²) < 4.78 is 28.3. The van der Waals surface area contributed by atoms with Crippen molar-refractivity contribution in [3.05, 3.63) is 42.6 Å². The molecule has 6 heteroatoms. The van der Waals surface area contributed by atoms with Crippen molar-refractivity contribution < 1.29 is 12.8 Å². The van der Waals surface area contributed by atoms with Crippen molar-refractivity contribution in [1.29, 1.82) is 0 Å². The van der Waals surface area contributed by atoms with Crippen LogP contribution >= 0.6 is 0 Å². The maximum Gasteiger partial charge on any atom is 0.231 e. The summed E-state index contributed by atoms with van der Waals surface area (Å²) in [5.41, 5.74) is 0. The molecule has 0 aliphatic rings. The zero-order chi connectivity index (χ0) is 10.7. The lowest BCUT2D eigenvalue weighted by Gasteiger charge is -1.99. The van der Waals surface area contributed by atoms with Gasteiger partial charge >= 0.3 is 0 Å². The van der Waals surface area contributed by atoms with E-state index in [0.29, 0.717) is 0 Å². The number of nitrogens with zero attached hydrogens (tertiary/aromatic N) is 2. The van der Waals surface area contributed by atoms with E-state index in [-0.39, 0.29) is 16.5 Å². The first-order valence-corrected chi connectivity index (χ1v) is 5.86. The van der Waals surface area contributed by atoms with Crippen LogP contribution in [0.4, 0.5) is 0 Å². The van der Waals surface area contributed by atoms with Crippen molar-refractivity contribution in [2.24, 2.45) is 0 Å². The molecule has 78 valence electrons. The lowest BCUT2D eigenvalue weighted by molar-refractivity contribution is 0.506. The molecule has 1 aromatic heterocycles. The zero-order valence-corrected chi connectivity index (χ0v) is 8.52. The highest BCUT2D eigenvalue weighted by atomic mass is 32.2. The molecular formula is C9H8N2O3S. The van der Waals surface area contributed by atoms with Crippen molar-refractivity contribution in [2.75, 3.05) is 0 Å². The molecule has 0 radical (unpaired) electrons. The Balaban J connectivity index is 2.29. The molecule has 0 aliphatic carbocycles. The van der Waals surface area contributed by atoms with E-state index in [1.54, 1.807) is 18.2 Å². The Morgan fingerprint density at radius 1 is 1.20 bits per heavy atom. The second-order valence-corrected chi connectivity index (χ2v) is 4.89. The predicted molar refractivity (Wildman–Crippen MR) is 51.6 cm³/mol. The third-order valence-electron chi connectivity index (χ3n) is 1.82. The van der Waals surface area contributed by atoms with Gasteiger partial charge in [-0.15, -0.1) is 10.2 Å². The van der Waals surface area contributed by atoms with E-state index in [9.17, 15) is 8.42 Å². The van der Waals surface area contributed by atoms with Crippen molar-refractivity contribution in [2.45, 2.75) is 10.6 Å². The topological polar surface area (TPSA) is 73.1 Å². The van der Waals surface area contributed by atoms with Gasteiger partial charge in [-0.05, 0) is 12.1 Å². The van der Waals surface area contributed by atoms with Crippen molar-refractivity contribution in [3.63, 3.8) is 0 Å². The van der Waals surface area contributed by atoms with E-state index in [1.807, 2.05) is 0 Å². The molecule has 0 fully saturated rings. The van der Waals surface area contributed by atoms with Gasteiger partial charge in [0.2, 0.25) is 12.3 Å². The van der Waals surface area contributed by atoms with Crippen LogP contribution in [0.5, 0.6) is 0 Å². The van der Waals surface area contributed by atoms with Crippen LogP contribution in [0.3, 0.4) is 0 Å². The molecule has 0 atom stereocenters. The summed E-state index contributed by atoms with van der Waals surface area (Å²) in [6, 6.07) is 8.16. The van der Waals surface area contributed by atoms with Crippen LogP contribution in [-0.4, -0.2) is 18.6 Å². The normalized spacial score (nSPS) is 11.5. The molecule has 0 N–H and O–H groups in total. The molecule has 1 heterocycles. The van der Waals surface area contributed by atoms with Gasteiger partial charge in [-0.3, -0.25) is 0 Å². The molecule has 5 nitrogen and oxygen atoms in total. The van der Waals surface area contributed by atoms with Gasteiger partial charge < -0.3 is 4.42 Å². The fourth-order valence-electron chi connectivity index (χ4n) is 1.13. The van der Waals surface area contributed by atoms with Crippen LogP contribution < -0.4 is 0 Å². The third kappa shape index (κ3) is 2.21. The summed E-state index contributed by atoms with van der Waals surface area (Å²) in [5, 5.41) is 6.95. The zero-order valence-electron chi connectivity index (χ0n) is 7.70. The maximum atomic E-state index is 11.8. The smallest absolute Gasteiger partial charge is 0.231 e. The number of hydrogen-bond acceptors (Lipinski definition) is 5. The van der Waals surface area contributed by atoms with Gasteiger partial charge in [0.15, 0.2) is 9.84 Å². The van der Waals surface area contributed by atoms with Gasteiger partial charge in [-0.25, -0.2) is 8.42 Å². The van der Waals surface area contributed by atoms with Crippen molar-refractivity contribution >= 4 is 9.84 Å². The van der Waals surface area contributed by atoms with Crippen LogP contribution in [0.15, 0.2) is 46.0 Å². The second-order valence-electron chi connectivity index (χ2n) is 2.90. The Morgan fingerprint density at radius 2 is 1.93 bits per heavy atom. The summed E-state index contributed by atoms with van der Waals surface area (Å²) in [6.45, 7) is 0. The molecule has 0 aliphatic heterocycles. The van der Waals surface area contributed by atoms with Crippen LogP contribution in [0.25, 0.3) is 0 Å². The number of benzene rings is 1. The Morgan fingerprint density at radius 3 is 2.53 bits per heavy atom. The molecule has 1 aromatic carbocycles. The fraction of sp³-hybridized carbons (Fsp3) is 0.111. The summed E-state index contributed by atoms with van der Waals surface area (Å²) in [4.78, 5) is 0.253. The fourth-order valence-corrected chi connectivity index (χ4v) is 2.32. The predicted octanol–water partition coefficient (Wildman–Crippen LogP) is 1.04. The van der Waals surface area contributed by atoms with Crippen LogP contribution in [0.2, 0.25) is 0 Å². The van der Waals surface area contributed by atoms with Gasteiger partial charge in [-0.2, -0.15) is 0 Å². The van der Waals surface area contributed by atoms with Crippen LogP contribution in [0, 0.1) is 0 Å². The second kappa shape index (κ2) is 3.82. The lowest BCUT2D eigenvalue weighted by Crippen LogP contribution is -2.04.